The van der Waals surface area contributed by atoms with Crippen LogP contribution in [0.4, 0.5) is 0 Å². The van der Waals surface area contributed by atoms with Crippen molar-refractivity contribution >= 4 is 16.8 Å². The summed E-state index contributed by atoms with van der Waals surface area (Å²) in [7, 11) is 0. The van der Waals surface area contributed by atoms with Gasteiger partial charge in [-0.05, 0) is 11.6 Å². The smallest absolute Gasteiger partial charge is 0.275 e. The maximum atomic E-state index is 10.9. The maximum Gasteiger partial charge on any atom is 0.275 e. The molecule has 78 valence electrons. The lowest BCUT2D eigenvalue weighted by Crippen LogP contribution is -2.67. The van der Waals surface area contributed by atoms with Crippen molar-refractivity contribution in [3.05, 3.63) is 36.0 Å². The van der Waals surface area contributed by atoms with E-state index in [1.54, 1.807) is 0 Å². The first-order valence-electron chi connectivity index (χ1n) is 4.86. The van der Waals surface area contributed by atoms with Gasteiger partial charge in [-0.15, -0.1) is 0 Å². The Bertz CT molecular complexity index is 489. The van der Waals surface area contributed by atoms with E-state index in [-0.39, 0.29) is 11.9 Å². The molecule has 0 aliphatic heterocycles. The number of hydrogen-bond acceptors (Lipinski definition) is 1. The van der Waals surface area contributed by atoms with Crippen molar-refractivity contribution in [2.24, 2.45) is 5.73 Å². The summed E-state index contributed by atoms with van der Waals surface area (Å²) in [6, 6.07) is 7.60. The van der Waals surface area contributed by atoms with Gasteiger partial charge >= 0.3 is 0 Å². The molecule has 1 amide bonds. The quantitative estimate of drug-likeness (QED) is 0.635. The molecule has 1 aromatic heterocycles. The third-order valence-electron chi connectivity index (χ3n) is 2.54. The summed E-state index contributed by atoms with van der Waals surface area (Å²) in [5, 5.41) is 1.13. The van der Waals surface area contributed by atoms with Gasteiger partial charge in [0.15, 0.2) is 6.04 Å². The molecule has 0 spiro atoms. The number of amides is 1. The minimum Gasteiger partial charge on any atom is -0.365 e. The van der Waals surface area contributed by atoms with E-state index in [0.717, 1.165) is 16.5 Å². The molecule has 0 aliphatic rings. The van der Waals surface area contributed by atoms with Gasteiger partial charge < -0.3 is 16.5 Å². The van der Waals surface area contributed by atoms with E-state index in [1.807, 2.05) is 30.5 Å². The van der Waals surface area contributed by atoms with Crippen molar-refractivity contribution in [1.29, 1.82) is 0 Å². The van der Waals surface area contributed by atoms with Crippen molar-refractivity contribution in [2.75, 3.05) is 0 Å². The Hall–Kier alpha value is -1.81. The molecule has 0 unspecified atom stereocenters. The molecule has 0 fully saturated rings. The molecular weight excluding hydrogens is 190 g/mol. The highest BCUT2D eigenvalue weighted by molar-refractivity contribution is 5.84. The molecule has 2 rings (SSSR count). The highest BCUT2D eigenvalue weighted by Gasteiger charge is 2.15. The minimum absolute atomic E-state index is 0.361. The van der Waals surface area contributed by atoms with Crippen LogP contribution >= 0.6 is 0 Å². The maximum absolute atomic E-state index is 10.9. The number of rotatable bonds is 3. The zero-order chi connectivity index (χ0) is 10.8. The number of hydrogen-bond donors (Lipinski definition) is 3. The SMILES string of the molecule is NC(=O)[C@@H]([NH3+])Cc1c[nH]c2ccccc12. The van der Waals surface area contributed by atoms with Crippen LogP contribution in [0.5, 0.6) is 0 Å². The van der Waals surface area contributed by atoms with E-state index in [9.17, 15) is 4.79 Å². The van der Waals surface area contributed by atoms with E-state index >= 15 is 0 Å². The number of carbonyl (C=O) groups excluding carboxylic acids is 1. The van der Waals surface area contributed by atoms with Crippen molar-refractivity contribution in [1.82, 2.24) is 4.98 Å². The molecule has 0 bridgehead atoms. The fourth-order valence-electron chi connectivity index (χ4n) is 1.67. The van der Waals surface area contributed by atoms with E-state index in [4.69, 9.17) is 5.73 Å². The second-order valence-electron chi connectivity index (χ2n) is 3.66. The summed E-state index contributed by atoms with van der Waals surface area (Å²) in [4.78, 5) is 14.1. The van der Waals surface area contributed by atoms with E-state index in [0.29, 0.717) is 6.42 Å². The molecular formula is C11H14N3O+. The second kappa shape index (κ2) is 3.74. The number of H-pyrrole nitrogens is 1. The van der Waals surface area contributed by atoms with Crippen LogP contribution in [0.2, 0.25) is 0 Å². The van der Waals surface area contributed by atoms with Gasteiger partial charge in [-0.2, -0.15) is 0 Å². The lowest BCUT2D eigenvalue weighted by molar-refractivity contribution is -0.402. The highest BCUT2D eigenvalue weighted by Crippen LogP contribution is 2.18. The molecule has 4 nitrogen and oxygen atoms in total. The van der Waals surface area contributed by atoms with Gasteiger partial charge in [0.25, 0.3) is 5.91 Å². The highest BCUT2D eigenvalue weighted by atomic mass is 16.1. The Morgan fingerprint density at radius 3 is 2.93 bits per heavy atom. The zero-order valence-electron chi connectivity index (χ0n) is 8.36. The van der Waals surface area contributed by atoms with Crippen LogP contribution in [-0.4, -0.2) is 16.9 Å². The van der Waals surface area contributed by atoms with Crippen LogP contribution in [0.1, 0.15) is 5.56 Å². The van der Waals surface area contributed by atoms with Crippen LogP contribution in [0.3, 0.4) is 0 Å². The summed E-state index contributed by atoms with van der Waals surface area (Å²) in [5.41, 5.74) is 11.1. The summed E-state index contributed by atoms with van der Waals surface area (Å²) >= 11 is 0. The molecule has 2 aromatic rings. The number of aromatic amines is 1. The average Bonchev–Trinajstić information content (AvgIpc) is 2.62. The topological polar surface area (TPSA) is 86.5 Å². The Morgan fingerprint density at radius 1 is 1.47 bits per heavy atom. The van der Waals surface area contributed by atoms with Crippen LogP contribution in [-0.2, 0) is 11.2 Å². The Labute approximate surface area is 87.3 Å². The third-order valence-corrected chi connectivity index (χ3v) is 2.54. The van der Waals surface area contributed by atoms with Crippen molar-refractivity contribution in [3.63, 3.8) is 0 Å². The number of fused-ring (bicyclic) bond motifs is 1. The van der Waals surface area contributed by atoms with Crippen LogP contribution < -0.4 is 11.5 Å². The molecule has 1 atom stereocenters. The molecule has 4 heteroatoms. The molecule has 0 radical (unpaired) electrons. The lowest BCUT2D eigenvalue weighted by atomic mass is 10.1. The zero-order valence-corrected chi connectivity index (χ0v) is 8.36. The van der Waals surface area contributed by atoms with Gasteiger partial charge in [-0.25, -0.2) is 0 Å². The molecule has 0 saturated carbocycles. The van der Waals surface area contributed by atoms with Gasteiger partial charge in [0.1, 0.15) is 0 Å². The largest absolute Gasteiger partial charge is 0.365 e. The number of nitrogens with one attached hydrogen (secondary N) is 1. The van der Waals surface area contributed by atoms with Gasteiger partial charge in [0.2, 0.25) is 0 Å². The van der Waals surface area contributed by atoms with Gasteiger partial charge in [0.05, 0.1) is 0 Å². The lowest BCUT2D eigenvalue weighted by Gasteiger charge is -2.02. The molecule has 0 aliphatic carbocycles. The van der Waals surface area contributed by atoms with Gasteiger partial charge in [0, 0.05) is 23.5 Å². The number of quaternary nitrogens is 1. The Morgan fingerprint density at radius 2 is 2.20 bits per heavy atom. The average molecular weight is 204 g/mol. The number of nitrogens with two attached hydrogens (primary N) is 1. The standard InChI is InChI=1S/C11H13N3O/c12-9(11(13)15)5-7-6-14-10-4-2-1-3-8(7)10/h1-4,6,9,14H,5,12H2,(H2,13,15)/p+1/t9-/m0/s1. The fourth-order valence-corrected chi connectivity index (χ4v) is 1.67. The molecule has 0 saturated heterocycles. The van der Waals surface area contributed by atoms with E-state index < -0.39 is 0 Å². The normalized spacial score (nSPS) is 12.9. The predicted octanol–water partition coefficient (Wildman–Crippen LogP) is -0.194. The predicted molar refractivity (Wildman–Crippen MR) is 57.9 cm³/mol. The summed E-state index contributed by atoms with van der Waals surface area (Å²) < 4.78 is 0. The summed E-state index contributed by atoms with van der Waals surface area (Å²) in [6.45, 7) is 0. The molecule has 1 aromatic carbocycles. The second-order valence-corrected chi connectivity index (χ2v) is 3.66. The van der Waals surface area contributed by atoms with Crippen molar-refractivity contribution in [2.45, 2.75) is 12.5 Å². The van der Waals surface area contributed by atoms with Crippen LogP contribution in [0, 0.1) is 0 Å². The number of primary amides is 1. The van der Waals surface area contributed by atoms with Crippen molar-refractivity contribution in [3.8, 4) is 0 Å². The van der Waals surface area contributed by atoms with Crippen molar-refractivity contribution < 1.29 is 10.5 Å². The number of carbonyl (C=O) groups is 1. The molecule has 1 heterocycles. The van der Waals surface area contributed by atoms with Crippen LogP contribution in [0.15, 0.2) is 30.5 Å². The van der Waals surface area contributed by atoms with Gasteiger partial charge in [-0.1, -0.05) is 18.2 Å². The molecule has 6 N–H and O–H groups in total. The number of para-hydroxylation sites is 1. The molecule has 15 heavy (non-hydrogen) atoms. The van der Waals surface area contributed by atoms with E-state index in [1.165, 1.54) is 0 Å². The third kappa shape index (κ3) is 1.85. The first-order chi connectivity index (χ1) is 7.18. The number of aromatic nitrogens is 1. The minimum atomic E-state index is -0.371. The Kier molecular flexibility index (Phi) is 2.43. The first kappa shape index (κ1) is 9.73. The van der Waals surface area contributed by atoms with Crippen LogP contribution in [0.25, 0.3) is 10.9 Å². The van der Waals surface area contributed by atoms with E-state index in [2.05, 4.69) is 10.7 Å². The summed E-state index contributed by atoms with van der Waals surface area (Å²) in [6.07, 6.45) is 2.49. The van der Waals surface area contributed by atoms with Gasteiger partial charge in [-0.3, -0.25) is 4.79 Å². The summed E-state index contributed by atoms with van der Waals surface area (Å²) in [5.74, 6) is -0.361. The first-order valence-corrected chi connectivity index (χ1v) is 4.86. The Balaban J connectivity index is 2.32. The fraction of sp³-hybridized carbons (Fsp3) is 0.182. The number of benzene rings is 1. The monoisotopic (exact) mass is 204 g/mol.